The number of hydrogen-bond acceptors (Lipinski definition) is 3. The normalized spacial score (nSPS) is 28.9. The minimum atomic E-state index is -1.46. The summed E-state index contributed by atoms with van der Waals surface area (Å²) in [5.41, 5.74) is -0.867. The van der Waals surface area contributed by atoms with Crippen molar-refractivity contribution in [2.24, 2.45) is 11.8 Å². The molecule has 2 aliphatic rings. The van der Waals surface area contributed by atoms with Crippen LogP contribution in [-0.2, 0) is 0 Å². The number of rotatable bonds is 3. The maximum atomic E-state index is 13.6. The molecule has 2 saturated carbocycles. The van der Waals surface area contributed by atoms with Crippen LogP contribution in [0.15, 0.2) is 12.1 Å². The monoisotopic (exact) mass is 255 g/mol. The van der Waals surface area contributed by atoms with Crippen LogP contribution >= 0.6 is 0 Å². The molecule has 0 radical (unpaired) electrons. The SMILES string of the molecule is O=[N+]([O-])c1ccc(OC2CC3C[C@H]3C2)c(F)c1F. The number of fused-ring (bicyclic) bond motifs is 1. The van der Waals surface area contributed by atoms with Crippen molar-refractivity contribution in [2.45, 2.75) is 25.4 Å². The second-order valence-corrected chi connectivity index (χ2v) is 4.94. The predicted octanol–water partition coefficient (Wildman–Crippen LogP) is 3.05. The third-order valence-corrected chi connectivity index (χ3v) is 3.72. The van der Waals surface area contributed by atoms with Gasteiger partial charge in [-0.2, -0.15) is 8.78 Å². The van der Waals surface area contributed by atoms with Crippen molar-refractivity contribution in [1.29, 1.82) is 0 Å². The summed E-state index contributed by atoms with van der Waals surface area (Å²) in [4.78, 5) is 9.49. The molecule has 2 aliphatic carbocycles. The Balaban J connectivity index is 1.80. The number of halogens is 2. The number of benzene rings is 1. The van der Waals surface area contributed by atoms with Crippen LogP contribution in [-0.4, -0.2) is 11.0 Å². The molecule has 1 aromatic rings. The molecule has 0 amide bonds. The highest BCUT2D eigenvalue weighted by Crippen LogP contribution is 2.52. The van der Waals surface area contributed by atoms with Gasteiger partial charge >= 0.3 is 5.69 Å². The fraction of sp³-hybridized carbons (Fsp3) is 0.500. The first-order chi connectivity index (χ1) is 8.56. The molecule has 2 fully saturated rings. The van der Waals surface area contributed by atoms with Gasteiger partial charge in [0.15, 0.2) is 5.75 Å². The van der Waals surface area contributed by atoms with Gasteiger partial charge in [-0.1, -0.05) is 0 Å². The number of hydrogen-bond donors (Lipinski definition) is 0. The Hall–Kier alpha value is -1.72. The van der Waals surface area contributed by atoms with Crippen molar-refractivity contribution < 1.29 is 18.4 Å². The summed E-state index contributed by atoms with van der Waals surface area (Å²) in [6, 6.07) is 2.06. The lowest BCUT2D eigenvalue weighted by atomic mass is 10.2. The van der Waals surface area contributed by atoms with E-state index in [1.807, 2.05) is 0 Å². The fourth-order valence-corrected chi connectivity index (χ4v) is 2.69. The van der Waals surface area contributed by atoms with E-state index in [1.165, 1.54) is 6.42 Å². The van der Waals surface area contributed by atoms with E-state index in [2.05, 4.69) is 0 Å². The van der Waals surface area contributed by atoms with Crippen molar-refractivity contribution >= 4 is 5.69 Å². The summed E-state index contributed by atoms with van der Waals surface area (Å²) < 4.78 is 32.3. The van der Waals surface area contributed by atoms with Crippen LogP contribution in [0.5, 0.6) is 5.75 Å². The molecular weight excluding hydrogens is 244 g/mol. The highest BCUT2D eigenvalue weighted by Gasteiger charge is 2.47. The molecule has 2 unspecified atom stereocenters. The first kappa shape index (κ1) is 11.4. The Morgan fingerprint density at radius 3 is 2.44 bits per heavy atom. The molecule has 6 heteroatoms. The van der Waals surface area contributed by atoms with Crippen LogP contribution in [0.2, 0.25) is 0 Å². The van der Waals surface area contributed by atoms with Crippen LogP contribution < -0.4 is 4.74 Å². The van der Waals surface area contributed by atoms with E-state index >= 15 is 0 Å². The molecule has 96 valence electrons. The van der Waals surface area contributed by atoms with Crippen LogP contribution in [0.4, 0.5) is 14.5 Å². The summed E-state index contributed by atoms with van der Waals surface area (Å²) in [5, 5.41) is 10.4. The van der Waals surface area contributed by atoms with E-state index in [0.29, 0.717) is 11.8 Å². The molecule has 0 spiro atoms. The van der Waals surface area contributed by atoms with Crippen LogP contribution in [0.25, 0.3) is 0 Å². The molecule has 3 rings (SSSR count). The zero-order valence-corrected chi connectivity index (χ0v) is 9.44. The molecule has 4 nitrogen and oxygen atoms in total. The Kier molecular flexibility index (Phi) is 2.46. The highest BCUT2D eigenvalue weighted by molar-refractivity contribution is 5.39. The number of nitro groups is 1. The summed E-state index contributed by atoms with van der Waals surface area (Å²) in [6.07, 6.45) is 2.84. The summed E-state index contributed by atoms with van der Waals surface area (Å²) >= 11 is 0. The Morgan fingerprint density at radius 2 is 1.83 bits per heavy atom. The van der Waals surface area contributed by atoms with Crippen molar-refractivity contribution in [3.8, 4) is 5.75 Å². The van der Waals surface area contributed by atoms with E-state index in [1.54, 1.807) is 0 Å². The average molecular weight is 255 g/mol. The summed E-state index contributed by atoms with van der Waals surface area (Å²) in [7, 11) is 0. The van der Waals surface area contributed by atoms with Gasteiger partial charge in [0.1, 0.15) is 0 Å². The van der Waals surface area contributed by atoms with Gasteiger partial charge in [-0.05, 0) is 37.2 Å². The molecule has 1 aromatic carbocycles. The molecular formula is C12H11F2NO3. The third-order valence-electron chi connectivity index (χ3n) is 3.72. The fourth-order valence-electron chi connectivity index (χ4n) is 2.69. The van der Waals surface area contributed by atoms with Gasteiger partial charge in [-0.25, -0.2) is 0 Å². The molecule has 0 N–H and O–H groups in total. The predicted molar refractivity (Wildman–Crippen MR) is 58.3 cm³/mol. The number of nitro benzene ring substituents is 1. The maximum absolute atomic E-state index is 13.6. The number of nitrogens with zero attached hydrogens (tertiary/aromatic N) is 1. The maximum Gasteiger partial charge on any atom is 0.308 e. The molecule has 18 heavy (non-hydrogen) atoms. The molecule has 0 heterocycles. The molecule has 0 saturated heterocycles. The Bertz CT molecular complexity index is 510. The first-order valence-electron chi connectivity index (χ1n) is 5.85. The molecule has 3 atom stereocenters. The zero-order valence-electron chi connectivity index (χ0n) is 9.44. The standard InChI is InChI=1S/C12H11F2NO3/c13-11-9(15(16)17)1-2-10(12(11)14)18-8-4-6-3-7(6)5-8/h1-2,6-8H,3-5H2/t6-,7?,8?/m0/s1. The lowest BCUT2D eigenvalue weighted by Gasteiger charge is -2.15. The van der Waals surface area contributed by atoms with Crippen molar-refractivity contribution in [1.82, 2.24) is 0 Å². The van der Waals surface area contributed by atoms with Gasteiger partial charge in [0.25, 0.3) is 0 Å². The van der Waals surface area contributed by atoms with Gasteiger partial charge in [-0.3, -0.25) is 10.1 Å². The van der Waals surface area contributed by atoms with Crippen LogP contribution in [0, 0.1) is 33.6 Å². The molecule has 0 bridgehead atoms. The summed E-state index contributed by atoms with van der Waals surface area (Å²) in [5.74, 6) is -1.63. The van der Waals surface area contributed by atoms with E-state index < -0.39 is 22.2 Å². The first-order valence-corrected chi connectivity index (χ1v) is 5.85. The quantitative estimate of drug-likeness (QED) is 0.616. The largest absolute Gasteiger partial charge is 0.487 e. The van der Waals surface area contributed by atoms with Gasteiger partial charge in [0.05, 0.1) is 11.0 Å². The minimum Gasteiger partial charge on any atom is -0.487 e. The van der Waals surface area contributed by atoms with E-state index in [0.717, 1.165) is 25.0 Å². The Morgan fingerprint density at radius 1 is 1.17 bits per heavy atom. The van der Waals surface area contributed by atoms with Gasteiger partial charge < -0.3 is 4.74 Å². The van der Waals surface area contributed by atoms with Crippen molar-refractivity contribution in [3.05, 3.63) is 33.9 Å². The average Bonchev–Trinajstić information content (AvgIpc) is 2.93. The topological polar surface area (TPSA) is 52.4 Å². The third kappa shape index (κ3) is 1.81. The smallest absolute Gasteiger partial charge is 0.308 e. The number of ether oxygens (including phenoxy) is 1. The van der Waals surface area contributed by atoms with Gasteiger partial charge in [0.2, 0.25) is 11.6 Å². The lowest BCUT2D eigenvalue weighted by molar-refractivity contribution is -0.387. The van der Waals surface area contributed by atoms with E-state index in [4.69, 9.17) is 4.74 Å². The van der Waals surface area contributed by atoms with Crippen molar-refractivity contribution in [2.75, 3.05) is 0 Å². The zero-order chi connectivity index (χ0) is 12.9. The van der Waals surface area contributed by atoms with E-state index in [9.17, 15) is 18.9 Å². The van der Waals surface area contributed by atoms with Crippen LogP contribution in [0.3, 0.4) is 0 Å². The molecule has 0 aliphatic heterocycles. The summed E-state index contributed by atoms with van der Waals surface area (Å²) in [6.45, 7) is 0. The minimum absolute atomic E-state index is 0.0934. The van der Waals surface area contributed by atoms with Gasteiger partial charge in [0, 0.05) is 6.07 Å². The highest BCUT2D eigenvalue weighted by atomic mass is 19.2. The Labute approximate surface area is 102 Å². The van der Waals surface area contributed by atoms with Gasteiger partial charge in [-0.15, -0.1) is 0 Å². The second kappa shape index (κ2) is 3.90. The molecule has 0 aromatic heterocycles. The second-order valence-electron chi connectivity index (χ2n) is 4.94. The van der Waals surface area contributed by atoms with E-state index in [-0.39, 0.29) is 11.9 Å². The van der Waals surface area contributed by atoms with Crippen molar-refractivity contribution in [3.63, 3.8) is 0 Å². The van der Waals surface area contributed by atoms with Crippen LogP contribution in [0.1, 0.15) is 19.3 Å². The lowest BCUT2D eigenvalue weighted by Crippen LogP contribution is -2.15.